The van der Waals surface area contributed by atoms with Gasteiger partial charge >= 0.3 is 0 Å². The van der Waals surface area contributed by atoms with E-state index in [2.05, 4.69) is 325 Å². The van der Waals surface area contributed by atoms with Crippen LogP contribution in [0.15, 0.2) is 315 Å². The fourth-order valence-corrected chi connectivity index (χ4v) is 13.4. The van der Waals surface area contributed by atoms with Crippen molar-refractivity contribution in [3.63, 3.8) is 0 Å². The Balaban J connectivity index is 1.02. The molecule has 2 nitrogen and oxygen atoms in total. The highest BCUT2D eigenvalue weighted by atomic mass is 15.1. The van der Waals surface area contributed by atoms with Crippen molar-refractivity contribution in [1.29, 1.82) is 0 Å². The molecule has 15 rings (SSSR count). The van der Waals surface area contributed by atoms with Crippen LogP contribution >= 0.6 is 0 Å². The van der Waals surface area contributed by atoms with E-state index in [1.165, 1.54) is 88.3 Å². The van der Waals surface area contributed by atoms with Gasteiger partial charge in [0.2, 0.25) is 0 Å². The lowest BCUT2D eigenvalue weighted by atomic mass is 9.64. The molecule has 0 radical (unpaired) electrons. The maximum Gasteiger partial charge on any atom is 0.0713 e. The lowest BCUT2D eigenvalue weighted by Crippen LogP contribution is -2.31. The van der Waals surface area contributed by atoms with Crippen LogP contribution in [0.4, 0.5) is 34.1 Å². The van der Waals surface area contributed by atoms with E-state index in [9.17, 15) is 0 Å². The van der Waals surface area contributed by atoms with Crippen LogP contribution in [0.1, 0.15) is 44.5 Å². The number of para-hydroxylation sites is 4. The Morgan fingerprint density at radius 1 is 0.179 bits per heavy atom. The van der Waals surface area contributed by atoms with Crippen LogP contribution in [0.3, 0.4) is 0 Å². The number of benzene rings is 13. The van der Waals surface area contributed by atoms with Gasteiger partial charge in [0.25, 0.3) is 0 Å². The number of nitrogens with zero attached hydrogens (tertiary/aromatic N) is 2. The fourth-order valence-electron chi connectivity index (χ4n) is 13.4. The molecule has 13 aromatic rings. The van der Waals surface area contributed by atoms with Gasteiger partial charge in [0, 0.05) is 34.1 Å². The van der Waals surface area contributed by atoms with Gasteiger partial charge in [0.05, 0.1) is 10.8 Å². The summed E-state index contributed by atoms with van der Waals surface area (Å²) in [5, 5.41) is 4.79. The van der Waals surface area contributed by atoms with Crippen LogP contribution < -0.4 is 9.80 Å². The van der Waals surface area contributed by atoms with Gasteiger partial charge in [0.1, 0.15) is 0 Å². The van der Waals surface area contributed by atoms with Crippen LogP contribution in [-0.4, -0.2) is 0 Å². The number of anilines is 6. The van der Waals surface area contributed by atoms with Crippen LogP contribution in [0.2, 0.25) is 0 Å². The lowest BCUT2D eigenvalue weighted by molar-refractivity contribution is 0.745. The van der Waals surface area contributed by atoms with Gasteiger partial charge in [-0.15, -0.1) is 0 Å². The second-order valence-corrected chi connectivity index (χ2v) is 20.8. The summed E-state index contributed by atoms with van der Waals surface area (Å²) in [6.45, 7) is 0. The predicted octanol–water partition coefficient (Wildman–Crippen LogP) is 19.7. The minimum Gasteiger partial charge on any atom is -0.310 e. The Kier molecular flexibility index (Phi) is 10.7. The van der Waals surface area contributed by atoms with Crippen molar-refractivity contribution in [2.24, 2.45) is 0 Å². The first-order valence-corrected chi connectivity index (χ1v) is 27.1. The highest BCUT2D eigenvalue weighted by Gasteiger charge is 2.52. The molecule has 0 saturated carbocycles. The van der Waals surface area contributed by atoms with E-state index in [1.807, 2.05) is 0 Å². The van der Waals surface area contributed by atoms with Gasteiger partial charge < -0.3 is 9.80 Å². The molecule has 0 heterocycles. The molecule has 78 heavy (non-hydrogen) atoms. The third kappa shape index (κ3) is 6.97. The molecule has 0 aromatic heterocycles. The minimum absolute atomic E-state index is 0.670. The molecule has 0 amide bonds. The maximum atomic E-state index is 2.63. The van der Waals surface area contributed by atoms with Gasteiger partial charge in [-0.1, -0.05) is 212 Å². The average Bonchev–Trinajstić information content (AvgIpc) is 4.03. The van der Waals surface area contributed by atoms with Gasteiger partial charge in [-0.3, -0.25) is 0 Å². The molecule has 2 aliphatic rings. The average molecular weight is 993 g/mol. The van der Waals surface area contributed by atoms with E-state index in [0.29, 0.717) is 0 Å². The van der Waals surface area contributed by atoms with E-state index < -0.39 is 10.8 Å². The first-order chi connectivity index (χ1) is 38.7. The zero-order valence-corrected chi connectivity index (χ0v) is 42.9. The van der Waals surface area contributed by atoms with Crippen molar-refractivity contribution in [1.82, 2.24) is 0 Å². The van der Waals surface area contributed by atoms with Crippen LogP contribution in [0.25, 0.3) is 43.8 Å². The normalized spacial score (nSPS) is 13.3. The summed E-state index contributed by atoms with van der Waals surface area (Å²) < 4.78 is 0. The van der Waals surface area contributed by atoms with Crippen molar-refractivity contribution in [2.45, 2.75) is 10.8 Å². The van der Waals surface area contributed by atoms with Gasteiger partial charge in [-0.05, 0) is 191 Å². The Morgan fingerprint density at radius 2 is 0.436 bits per heavy atom. The van der Waals surface area contributed by atoms with Crippen LogP contribution in [0.5, 0.6) is 0 Å². The molecule has 0 unspecified atom stereocenters. The summed E-state index contributed by atoms with van der Waals surface area (Å²) in [4.78, 5) is 4.73. The number of hydrogen-bond acceptors (Lipinski definition) is 2. The Labute approximate surface area is 456 Å². The smallest absolute Gasteiger partial charge is 0.0713 e. The minimum atomic E-state index is -0.670. The zero-order valence-electron chi connectivity index (χ0n) is 42.9. The lowest BCUT2D eigenvalue weighted by Gasteiger charge is -2.37. The topological polar surface area (TPSA) is 6.48 Å². The van der Waals surface area contributed by atoms with Crippen molar-refractivity contribution in [3.05, 3.63) is 360 Å². The Bertz CT molecular complexity index is 3900. The number of rotatable bonds is 10. The molecule has 0 spiro atoms. The molecule has 13 aromatic carbocycles. The molecular weight excluding hydrogens is 941 g/mol. The van der Waals surface area contributed by atoms with Crippen molar-refractivity contribution >= 4 is 55.7 Å². The number of fused-ring (bicyclic) bond motifs is 8. The highest BCUT2D eigenvalue weighted by molar-refractivity contribution is 6.03. The first-order valence-electron chi connectivity index (χ1n) is 27.1. The molecule has 0 aliphatic heterocycles. The third-order valence-electron chi connectivity index (χ3n) is 16.7. The summed E-state index contributed by atoms with van der Waals surface area (Å²) in [5.74, 6) is 0. The zero-order chi connectivity index (χ0) is 51.6. The van der Waals surface area contributed by atoms with Gasteiger partial charge in [-0.2, -0.15) is 0 Å². The molecule has 0 bridgehead atoms. The molecule has 0 saturated heterocycles. The van der Waals surface area contributed by atoms with Crippen LogP contribution in [0, 0.1) is 0 Å². The Hall–Kier alpha value is -10.0. The Morgan fingerprint density at radius 3 is 0.731 bits per heavy atom. The van der Waals surface area contributed by atoms with Crippen molar-refractivity contribution in [2.75, 3.05) is 9.80 Å². The maximum absolute atomic E-state index is 2.63. The second kappa shape index (κ2) is 18.4. The van der Waals surface area contributed by atoms with E-state index >= 15 is 0 Å². The highest BCUT2D eigenvalue weighted by Crippen LogP contribution is 2.63. The van der Waals surface area contributed by atoms with Crippen LogP contribution in [-0.2, 0) is 10.8 Å². The summed E-state index contributed by atoms with van der Waals surface area (Å²) >= 11 is 0. The van der Waals surface area contributed by atoms with Crippen molar-refractivity contribution in [3.8, 4) is 22.3 Å². The van der Waals surface area contributed by atoms with E-state index in [1.54, 1.807) is 0 Å². The van der Waals surface area contributed by atoms with E-state index in [4.69, 9.17) is 0 Å². The molecule has 2 heteroatoms. The van der Waals surface area contributed by atoms with E-state index in [0.717, 1.165) is 34.1 Å². The first kappa shape index (κ1) is 45.4. The quantitative estimate of drug-likeness (QED) is 0.135. The standard InChI is InChI=1S/C76H52N2/c1-9-25-57(26-10-1)75(58-27-11-2-12-28-58)71-49-55-45-65(77(61-33-17-5-18-34-61)62-35-19-6-20-36-62)43-41-53(55)47-67(71)69-51-70-68-48-54-42-44-66(78(63-37-21-7-22-38-63)64-39-23-8-24-40-64)46-56(54)50-72(68)76(74(70)52-73(69)75,59-29-13-3-14-30-59)60-31-15-4-16-32-60/h1-52H. The summed E-state index contributed by atoms with van der Waals surface area (Å²) in [6.07, 6.45) is 0. The molecule has 2 aliphatic carbocycles. The fraction of sp³-hybridized carbons (Fsp3) is 0.0263. The summed E-state index contributed by atoms with van der Waals surface area (Å²) in [5.41, 5.74) is 20.5. The SMILES string of the molecule is c1ccc(N(c2ccccc2)c2ccc3cc4c(cc3c2)C(c2ccccc2)(c2ccccc2)c2cc3c(cc2-4)-c2cc4ccc(N(c5ccccc5)c5ccccc5)cc4cc2C3(c2ccccc2)c2ccccc2)cc1. The molecular formula is C76H52N2. The molecule has 0 fully saturated rings. The number of hydrogen-bond donors (Lipinski definition) is 0. The summed E-state index contributed by atoms with van der Waals surface area (Å²) in [6, 6.07) is 117. The largest absolute Gasteiger partial charge is 0.310 e. The van der Waals surface area contributed by atoms with Crippen molar-refractivity contribution < 1.29 is 0 Å². The predicted molar refractivity (Wildman–Crippen MR) is 325 cm³/mol. The molecule has 366 valence electrons. The summed E-state index contributed by atoms with van der Waals surface area (Å²) in [7, 11) is 0. The monoisotopic (exact) mass is 992 g/mol. The van der Waals surface area contributed by atoms with Gasteiger partial charge in [-0.25, -0.2) is 0 Å². The van der Waals surface area contributed by atoms with Gasteiger partial charge in [0.15, 0.2) is 0 Å². The van der Waals surface area contributed by atoms with E-state index in [-0.39, 0.29) is 0 Å². The molecule has 0 N–H and O–H groups in total. The third-order valence-corrected chi connectivity index (χ3v) is 16.7. The second-order valence-electron chi connectivity index (χ2n) is 20.8. The molecule has 0 atom stereocenters.